The largest absolute Gasteiger partial charge is 0.310 e. The molecule has 6 heteroatoms. The van der Waals surface area contributed by atoms with E-state index in [4.69, 9.17) is 11.6 Å². The molecule has 1 fully saturated rings. The van der Waals surface area contributed by atoms with E-state index < -0.39 is 0 Å². The van der Waals surface area contributed by atoms with Gasteiger partial charge in [-0.25, -0.2) is 4.98 Å². The van der Waals surface area contributed by atoms with Crippen molar-refractivity contribution in [1.82, 2.24) is 14.9 Å². The maximum absolute atomic E-state index is 12.4. The Balaban J connectivity index is 1.57. The number of carbonyl (C=O) groups excluding carboxylic acids is 1. The van der Waals surface area contributed by atoms with Gasteiger partial charge < -0.3 is 5.32 Å². The van der Waals surface area contributed by atoms with E-state index in [1.54, 1.807) is 18.3 Å². The van der Waals surface area contributed by atoms with Crippen LogP contribution < -0.4 is 5.32 Å². The summed E-state index contributed by atoms with van der Waals surface area (Å²) in [4.78, 5) is 23.2. The summed E-state index contributed by atoms with van der Waals surface area (Å²) in [6, 6.07) is 9.35. The zero-order chi connectivity index (χ0) is 16.1. The molecule has 1 amide bonds. The molecule has 0 bridgehead atoms. The fraction of sp³-hybridized carbons (Fsp3) is 0.353. The van der Waals surface area contributed by atoms with Gasteiger partial charge in [0.05, 0.1) is 16.6 Å². The maximum Gasteiger partial charge on any atom is 0.229 e. The van der Waals surface area contributed by atoms with Crippen molar-refractivity contribution >= 4 is 23.3 Å². The average molecular weight is 331 g/mol. The molecule has 1 atom stereocenters. The molecule has 23 heavy (non-hydrogen) atoms. The maximum atomic E-state index is 12.4. The van der Waals surface area contributed by atoms with E-state index in [-0.39, 0.29) is 11.8 Å². The fourth-order valence-corrected chi connectivity index (χ4v) is 2.92. The molecule has 120 valence electrons. The summed E-state index contributed by atoms with van der Waals surface area (Å²) < 4.78 is 0. The number of nitrogens with zero attached hydrogens (tertiary/aromatic N) is 3. The number of piperidine rings is 1. The molecule has 0 radical (unpaired) electrons. The normalized spacial score (nSPS) is 18.6. The minimum Gasteiger partial charge on any atom is -0.310 e. The lowest BCUT2D eigenvalue weighted by atomic mass is 9.97. The Hall–Kier alpha value is -1.98. The third-order valence-electron chi connectivity index (χ3n) is 3.97. The second-order valence-electron chi connectivity index (χ2n) is 5.75. The topological polar surface area (TPSA) is 58.1 Å². The van der Waals surface area contributed by atoms with E-state index in [1.807, 2.05) is 18.2 Å². The third kappa shape index (κ3) is 4.50. The molecule has 2 aromatic rings. The minimum absolute atomic E-state index is 0.0190. The fourth-order valence-electron chi connectivity index (χ4n) is 2.81. The molecule has 0 spiro atoms. The summed E-state index contributed by atoms with van der Waals surface area (Å²) in [5.41, 5.74) is 1.04. The van der Waals surface area contributed by atoms with E-state index in [0.29, 0.717) is 10.8 Å². The van der Waals surface area contributed by atoms with Gasteiger partial charge >= 0.3 is 0 Å². The number of hydrogen-bond donors (Lipinski definition) is 1. The zero-order valence-corrected chi connectivity index (χ0v) is 13.5. The van der Waals surface area contributed by atoms with Crippen molar-refractivity contribution in [2.24, 2.45) is 5.92 Å². The second-order valence-corrected chi connectivity index (χ2v) is 6.18. The highest BCUT2D eigenvalue weighted by Crippen LogP contribution is 2.20. The molecule has 0 aliphatic carbocycles. The first-order valence-corrected chi connectivity index (χ1v) is 8.13. The van der Waals surface area contributed by atoms with Crippen LogP contribution in [0.1, 0.15) is 18.5 Å². The van der Waals surface area contributed by atoms with Crippen LogP contribution >= 0.6 is 11.6 Å². The molecule has 1 aliphatic rings. The van der Waals surface area contributed by atoms with Gasteiger partial charge in [0.1, 0.15) is 5.82 Å². The van der Waals surface area contributed by atoms with Crippen molar-refractivity contribution in [3.63, 3.8) is 0 Å². The molecule has 0 unspecified atom stereocenters. The Labute approximate surface area is 140 Å². The number of halogens is 1. The predicted octanol–water partition coefficient (Wildman–Crippen LogP) is 2.98. The van der Waals surface area contributed by atoms with Crippen molar-refractivity contribution in [2.45, 2.75) is 19.4 Å². The van der Waals surface area contributed by atoms with Crippen LogP contribution in [-0.2, 0) is 11.3 Å². The monoisotopic (exact) mass is 330 g/mol. The lowest BCUT2D eigenvalue weighted by molar-refractivity contribution is -0.121. The number of likely N-dealkylation sites (tertiary alicyclic amines) is 1. The Morgan fingerprint density at radius 1 is 1.30 bits per heavy atom. The summed E-state index contributed by atoms with van der Waals surface area (Å²) in [7, 11) is 0. The number of carbonyl (C=O) groups is 1. The van der Waals surface area contributed by atoms with Gasteiger partial charge in [0.25, 0.3) is 0 Å². The van der Waals surface area contributed by atoms with Gasteiger partial charge in [-0.15, -0.1) is 0 Å². The standard InChI is InChI=1S/C17H19ClN4O/c18-14-6-7-16(20-10-14)21-17(23)13-4-3-9-22(11-13)12-15-5-1-2-8-19-15/h1-2,5-8,10,13H,3-4,9,11-12H2,(H,20,21,23)/t13-/m1/s1. The summed E-state index contributed by atoms with van der Waals surface area (Å²) >= 11 is 5.81. The third-order valence-corrected chi connectivity index (χ3v) is 4.19. The Morgan fingerprint density at radius 2 is 2.22 bits per heavy atom. The van der Waals surface area contributed by atoms with Gasteiger partial charge in [-0.2, -0.15) is 0 Å². The summed E-state index contributed by atoms with van der Waals surface area (Å²) in [6.07, 6.45) is 5.25. The summed E-state index contributed by atoms with van der Waals surface area (Å²) in [5.74, 6) is 0.539. The highest BCUT2D eigenvalue weighted by atomic mass is 35.5. The first-order valence-electron chi connectivity index (χ1n) is 7.75. The van der Waals surface area contributed by atoms with Crippen LogP contribution in [0.25, 0.3) is 0 Å². The van der Waals surface area contributed by atoms with E-state index >= 15 is 0 Å². The molecule has 5 nitrogen and oxygen atoms in total. The van der Waals surface area contributed by atoms with Crippen LogP contribution in [-0.4, -0.2) is 33.9 Å². The van der Waals surface area contributed by atoms with Crippen LogP contribution in [0.4, 0.5) is 5.82 Å². The molecule has 1 aliphatic heterocycles. The van der Waals surface area contributed by atoms with Gasteiger partial charge in [0, 0.05) is 25.5 Å². The second kappa shape index (κ2) is 7.53. The van der Waals surface area contributed by atoms with Crippen LogP contribution in [0.2, 0.25) is 5.02 Å². The molecule has 2 aromatic heterocycles. The van der Waals surface area contributed by atoms with E-state index in [1.165, 1.54) is 6.20 Å². The minimum atomic E-state index is -0.0232. The number of hydrogen-bond acceptors (Lipinski definition) is 4. The van der Waals surface area contributed by atoms with Crippen molar-refractivity contribution < 1.29 is 4.79 Å². The number of anilines is 1. The van der Waals surface area contributed by atoms with E-state index in [0.717, 1.165) is 38.2 Å². The lowest BCUT2D eigenvalue weighted by Gasteiger charge is -2.31. The molecular formula is C17H19ClN4O. The highest BCUT2D eigenvalue weighted by Gasteiger charge is 2.26. The average Bonchev–Trinajstić information content (AvgIpc) is 2.58. The van der Waals surface area contributed by atoms with Crippen molar-refractivity contribution in [1.29, 1.82) is 0 Å². The van der Waals surface area contributed by atoms with Crippen LogP contribution in [0.15, 0.2) is 42.7 Å². The Morgan fingerprint density at radius 3 is 2.96 bits per heavy atom. The molecule has 0 aromatic carbocycles. The smallest absolute Gasteiger partial charge is 0.229 e. The number of rotatable bonds is 4. The van der Waals surface area contributed by atoms with Crippen molar-refractivity contribution in [3.8, 4) is 0 Å². The van der Waals surface area contributed by atoms with Gasteiger partial charge in [-0.05, 0) is 43.7 Å². The Kier molecular flexibility index (Phi) is 5.20. The van der Waals surface area contributed by atoms with Gasteiger partial charge in [0.2, 0.25) is 5.91 Å². The first-order chi connectivity index (χ1) is 11.2. The lowest BCUT2D eigenvalue weighted by Crippen LogP contribution is -2.40. The number of amides is 1. The molecule has 3 heterocycles. The SMILES string of the molecule is O=C(Nc1ccc(Cl)cn1)[C@@H]1CCCN(Cc2ccccn2)C1. The molecule has 3 rings (SSSR count). The first kappa shape index (κ1) is 15.9. The van der Waals surface area contributed by atoms with Gasteiger partial charge in [0.15, 0.2) is 0 Å². The summed E-state index contributed by atoms with van der Waals surface area (Å²) in [5, 5.41) is 3.43. The molecular weight excluding hydrogens is 312 g/mol. The number of nitrogens with one attached hydrogen (secondary N) is 1. The van der Waals surface area contributed by atoms with Crippen LogP contribution in [0.5, 0.6) is 0 Å². The van der Waals surface area contributed by atoms with E-state index in [2.05, 4.69) is 20.2 Å². The van der Waals surface area contributed by atoms with Crippen LogP contribution in [0.3, 0.4) is 0 Å². The molecule has 0 saturated carbocycles. The van der Waals surface area contributed by atoms with Crippen molar-refractivity contribution in [2.75, 3.05) is 18.4 Å². The quantitative estimate of drug-likeness (QED) is 0.936. The molecule has 1 saturated heterocycles. The van der Waals surface area contributed by atoms with E-state index in [9.17, 15) is 4.79 Å². The van der Waals surface area contributed by atoms with Crippen molar-refractivity contribution in [3.05, 3.63) is 53.4 Å². The predicted molar refractivity (Wildman–Crippen MR) is 90.1 cm³/mol. The number of aromatic nitrogens is 2. The Bertz CT molecular complexity index is 647. The number of pyridine rings is 2. The van der Waals surface area contributed by atoms with Gasteiger partial charge in [-0.1, -0.05) is 17.7 Å². The van der Waals surface area contributed by atoms with Gasteiger partial charge in [-0.3, -0.25) is 14.7 Å². The molecule has 1 N–H and O–H groups in total. The zero-order valence-electron chi connectivity index (χ0n) is 12.8. The summed E-state index contributed by atoms with van der Waals surface area (Å²) in [6.45, 7) is 2.53. The highest BCUT2D eigenvalue weighted by molar-refractivity contribution is 6.30. The van der Waals surface area contributed by atoms with Crippen LogP contribution in [0, 0.1) is 5.92 Å².